The van der Waals surface area contributed by atoms with Crippen molar-refractivity contribution in [1.82, 2.24) is 15.2 Å². The lowest BCUT2D eigenvalue weighted by molar-refractivity contribution is 0.337. The van der Waals surface area contributed by atoms with Gasteiger partial charge in [-0.25, -0.2) is 4.98 Å². The first-order valence-electron chi connectivity index (χ1n) is 5.94. The van der Waals surface area contributed by atoms with Gasteiger partial charge in [-0.2, -0.15) is 0 Å². The summed E-state index contributed by atoms with van der Waals surface area (Å²) in [5.74, 6) is 0.873. The second-order valence-electron chi connectivity index (χ2n) is 5.48. The zero-order chi connectivity index (χ0) is 13.3. The molecule has 0 aliphatic rings. The molecule has 0 aromatic carbocycles. The van der Waals surface area contributed by atoms with Gasteiger partial charge in [0.2, 0.25) is 0 Å². The lowest BCUT2D eigenvalue weighted by Gasteiger charge is -2.24. The van der Waals surface area contributed by atoms with Crippen LogP contribution in [0.3, 0.4) is 0 Å². The molecule has 0 amide bonds. The highest BCUT2D eigenvalue weighted by Gasteiger charge is 2.25. The highest BCUT2D eigenvalue weighted by atomic mass is 32.1. The molecule has 0 fully saturated rings. The third kappa shape index (κ3) is 2.67. The molecule has 4 nitrogen and oxygen atoms in total. The van der Waals surface area contributed by atoms with E-state index in [1.54, 1.807) is 17.4 Å². The molecule has 2 N–H and O–H groups in total. The average Bonchev–Trinajstić information content (AvgIpc) is 2.75. The zero-order valence-corrected chi connectivity index (χ0v) is 12.0. The molecule has 0 spiro atoms. The highest BCUT2D eigenvalue weighted by Crippen LogP contribution is 2.37. The van der Waals surface area contributed by atoms with Crippen molar-refractivity contribution < 1.29 is 0 Å². The molecule has 2 aromatic heterocycles. The van der Waals surface area contributed by atoms with Crippen LogP contribution >= 0.6 is 11.3 Å². The van der Waals surface area contributed by atoms with Crippen LogP contribution in [-0.2, 0) is 0 Å². The summed E-state index contributed by atoms with van der Waals surface area (Å²) in [4.78, 5) is 4.26. The Bertz CT molecular complexity index is 542. The summed E-state index contributed by atoms with van der Waals surface area (Å²) in [5, 5.41) is 10.4. The standard InChI is InChI=1S/C13H18N4S/c1-8(13(2,3)4)11-16-17-12(18-11)9-6-5-7-10(14)15-9/h5-8H,1-4H3,(H2,14,15). The van der Waals surface area contributed by atoms with Gasteiger partial charge in [0, 0.05) is 5.92 Å². The van der Waals surface area contributed by atoms with E-state index < -0.39 is 0 Å². The van der Waals surface area contributed by atoms with Gasteiger partial charge in [0.1, 0.15) is 16.5 Å². The van der Waals surface area contributed by atoms with Crippen molar-refractivity contribution in [1.29, 1.82) is 0 Å². The van der Waals surface area contributed by atoms with E-state index in [1.807, 2.05) is 12.1 Å². The summed E-state index contributed by atoms with van der Waals surface area (Å²) in [6.07, 6.45) is 0. The first-order chi connectivity index (χ1) is 8.38. The van der Waals surface area contributed by atoms with Crippen LogP contribution in [0.15, 0.2) is 18.2 Å². The summed E-state index contributed by atoms with van der Waals surface area (Å²) in [6, 6.07) is 5.55. The smallest absolute Gasteiger partial charge is 0.166 e. The molecule has 0 saturated heterocycles. The Kier molecular flexibility index (Phi) is 3.34. The molecule has 18 heavy (non-hydrogen) atoms. The second kappa shape index (κ2) is 4.65. The van der Waals surface area contributed by atoms with Crippen molar-refractivity contribution in [2.75, 3.05) is 5.73 Å². The van der Waals surface area contributed by atoms with Gasteiger partial charge < -0.3 is 5.73 Å². The summed E-state index contributed by atoms with van der Waals surface area (Å²) < 4.78 is 0. The van der Waals surface area contributed by atoms with Crippen LogP contribution in [0.4, 0.5) is 5.82 Å². The molecule has 0 radical (unpaired) electrons. The van der Waals surface area contributed by atoms with Gasteiger partial charge >= 0.3 is 0 Å². The molecule has 0 aliphatic heterocycles. The normalized spacial score (nSPS) is 13.6. The van der Waals surface area contributed by atoms with Gasteiger partial charge in [-0.15, -0.1) is 10.2 Å². The van der Waals surface area contributed by atoms with Crippen LogP contribution in [-0.4, -0.2) is 15.2 Å². The number of hydrogen-bond acceptors (Lipinski definition) is 5. The number of nitrogens with two attached hydrogens (primary N) is 1. The Morgan fingerprint density at radius 3 is 2.56 bits per heavy atom. The molecule has 2 heterocycles. The summed E-state index contributed by atoms with van der Waals surface area (Å²) >= 11 is 1.59. The van der Waals surface area contributed by atoms with Gasteiger partial charge in [-0.05, 0) is 17.5 Å². The number of pyridine rings is 1. The monoisotopic (exact) mass is 262 g/mol. The van der Waals surface area contributed by atoms with Crippen LogP contribution in [0, 0.1) is 5.41 Å². The lowest BCUT2D eigenvalue weighted by Crippen LogP contribution is -2.14. The van der Waals surface area contributed by atoms with Crippen LogP contribution in [0.25, 0.3) is 10.7 Å². The maximum atomic E-state index is 5.68. The highest BCUT2D eigenvalue weighted by molar-refractivity contribution is 7.14. The van der Waals surface area contributed by atoms with Crippen molar-refractivity contribution in [2.24, 2.45) is 5.41 Å². The number of rotatable bonds is 2. The Labute approximate surface area is 111 Å². The Hall–Kier alpha value is -1.49. The molecular weight excluding hydrogens is 244 g/mol. The quantitative estimate of drug-likeness (QED) is 0.901. The first-order valence-corrected chi connectivity index (χ1v) is 6.76. The van der Waals surface area contributed by atoms with E-state index in [4.69, 9.17) is 5.73 Å². The van der Waals surface area contributed by atoms with E-state index >= 15 is 0 Å². The number of hydrogen-bond donors (Lipinski definition) is 1. The fourth-order valence-corrected chi connectivity index (χ4v) is 2.56. The number of nitrogens with zero attached hydrogens (tertiary/aromatic N) is 3. The van der Waals surface area contributed by atoms with Crippen molar-refractivity contribution in [2.45, 2.75) is 33.6 Å². The SMILES string of the molecule is CC(c1nnc(-c2cccc(N)n2)s1)C(C)(C)C. The molecule has 5 heteroatoms. The molecule has 2 rings (SSSR count). The van der Waals surface area contributed by atoms with Crippen LogP contribution in [0.1, 0.15) is 38.6 Å². The minimum atomic E-state index is 0.181. The minimum absolute atomic E-state index is 0.181. The maximum absolute atomic E-state index is 5.68. The molecule has 0 saturated carbocycles. The second-order valence-corrected chi connectivity index (χ2v) is 6.49. The summed E-state index contributed by atoms with van der Waals surface area (Å²) in [5.41, 5.74) is 6.65. The number of anilines is 1. The van der Waals surface area contributed by atoms with E-state index in [9.17, 15) is 0 Å². The molecule has 1 unspecified atom stereocenters. The lowest BCUT2D eigenvalue weighted by atomic mass is 9.83. The molecule has 2 aromatic rings. The Balaban J connectivity index is 2.31. The van der Waals surface area contributed by atoms with Crippen molar-refractivity contribution >= 4 is 17.2 Å². The largest absolute Gasteiger partial charge is 0.384 e. The van der Waals surface area contributed by atoms with E-state index in [0.717, 1.165) is 15.7 Å². The Morgan fingerprint density at radius 1 is 1.22 bits per heavy atom. The zero-order valence-electron chi connectivity index (χ0n) is 11.1. The molecule has 1 atom stereocenters. The fourth-order valence-electron chi connectivity index (χ4n) is 1.45. The molecule has 0 bridgehead atoms. The predicted octanol–water partition coefficient (Wildman–Crippen LogP) is 3.33. The van der Waals surface area contributed by atoms with E-state index in [0.29, 0.717) is 11.7 Å². The molecule has 96 valence electrons. The van der Waals surface area contributed by atoms with Gasteiger partial charge in [0.25, 0.3) is 0 Å². The summed E-state index contributed by atoms with van der Waals surface area (Å²) in [6.45, 7) is 8.80. The van der Waals surface area contributed by atoms with E-state index in [1.165, 1.54) is 0 Å². The molecule has 0 aliphatic carbocycles. The first kappa shape index (κ1) is 13.0. The van der Waals surface area contributed by atoms with Gasteiger partial charge in [-0.1, -0.05) is 45.1 Å². The maximum Gasteiger partial charge on any atom is 0.166 e. The van der Waals surface area contributed by atoms with E-state index in [-0.39, 0.29) is 5.41 Å². The third-order valence-electron chi connectivity index (χ3n) is 3.10. The van der Waals surface area contributed by atoms with Crippen LogP contribution in [0.5, 0.6) is 0 Å². The number of nitrogen functional groups attached to an aromatic ring is 1. The van der Waals surface area contributed by atoms with Crippen molar-refractivity contribution in [3.05, 3.63) is 23.2 Å². The Morgan fingerprint density at radius 2 is 1.94 bits per heavy atom. The van der Waals surface area contributed by atoms with Crippen LogP contribution in [0.2, 0.25) is 0 Å². The predicted molar refractivity (Wildman–Crippen MR) is 75.4 cm³/mol. The van der Waals surface area contributed by atoms with E-state index in [2.05, 4.69) is 42.9 Å². The summed E-state index contributed by atoms with van der Waals surface area (Å²) in [7, 11) is 0. The van der Waals surface area contributed by atoms with Crippen molar-refractivity contribution in [3.63, 3.8) is 0 Å². The van der Waals surface area contributed by atoms with Gasteiger partial charge in [0.05, 0.1) is 0 Å². The molecular formula is C13H18N4S. The number of aromatic nitrogens is 3. The third-order valence-corrected chi connectivity index (χ3v) is 4.23. The fraction of sp³-hybridized carbons (Fsp3) is 0.462. The van der Waals surface area contributed by atoms with Crippen LogP contribution < -0.4 is 5.73 Å². The average molecular weight is 262 g/mol. The van der Waals surface area contributed by atoms with Crippen molar-refractivity contribution in [3.8, 4) is 10.7 Å². The topological polar surface area (TPSA) is 64.7 Å². The van der Waals surface area contributed by atoms with Gasteiger partial charge in [0.15, 0.2) is 5.01 Å². The minimum Gasteiger partial charge on any atom is -0.384 e. The van der Waals surface area contributed by atoms with Gasteiger partial charge in [-0.3, -0.25) is 0 Å².